The van der Waals surface area contributed by atoms with Gasteiger partial charge < -0.3 is 5.32 Å². The Hall–Kier alpha value is -0.380. The molecule has 1 amide bonds. The Kier molecular flexibility index (Phi) is 2.56. The Morgan fingerprint density at radius 2 is 2.08 bits per heavy atom. The highest BCUT2D eigenvalue weighted by Gasteiger charge is 2.33. The second-order valence-corrected chi connectivity index (χ2v) is 4.80. The van der Waals surface area contributed by atoms with Crippen LogP contribution in [-0.4, -0.2) is 23.1 Å². The first kappa shape index (κ1) is 9.71. The first-order valence-electron chi connectivity index (χ1n) is 3.87. The summed E-state index contributed by atoms with van der Waals surface area (Å²) in [4.78, 5) is 21.8. The smallest absolute Gasteiger partial charge is 0.241 e. The molecule has 0 aliphatic carbocycles. The molecular weight excluding hydrogens is 222 g/mol. The molecule has 0 aromatic carbocycles. The Morgan fingerprint density at radius 1 is 1.50 bits per heavy atom. The van der Waals surface area contributed by atoms with E-state index in [1.54, 1.807) is 0 Å². The van der Waals surface area contributed by atoms with Crippen LogP contribution in [0.1, 0.15) is 20.3 Å². The van der Waals surface area contributed by atoms with Gasteiger partial charge in [0.2, 0.25) is 5.91 Å². The van der Waals surface area contributed by atoms with Gasteiger partial charge in [-0.25, -0.2) is 0 Å². The number of rotatable bonds is 0. The average Bonchev–Trinajstić information content (AvgIpc) is 2.03. The molecule has 0 aromatic rings. The van der Waals surface area contributed by atoms with Crippen LogP contribution in [0.2, 0.25) is 0 Å². The lowest BCUT2D eigenvalue weighted by atomic mass is 9.88. The SMILES string of the molecule is CC1(C)CNC(=O)C(Br)C(=O)C1. The number of carbonyl (C=O) groups is 2. The zero-order valence-electron chi connectivity index (χ0n) is 7.19. The monoisotopic (exact) mass is 233 g/mol. The fourth-order valence-electron chi connectivity index (χ4n) is 1.19. The van der Waals surface area contributed by atoms with Crippen LogP contribution in [0.25, 0.3) is 0 Å². The van der Waals surface area contributed by atoms with Gasteiger partial charge in [0.1, 0.15) is 0 Å². The minimum atomic E-state index is -0.653. The van der Waals surface area contributed by atoms with Crippen molar-refractivity contribution in [1.29, 1.82) is 0 Å². The topological polar surface area (TPSA) is 46.2 Å². The van der Waals surface area contributed by atoms with E-state index in [0.29, 0.717) is 13.0 Å². The van der Waals surface area contributed by atoms with Gasteiger partial charge in [-0.15, -0.1) is 0 Å². The first-order chi connectivity index (χ1) is 5.42. The van der Waals surface area contributed by atoms with Gasteiger partial charge in [0.15, 0.2) is 10.6 Å². The molecule has 4 heteroatoms. The maximum absolute atomic E-state index is 11.3. The third kappa shape index (κ3) is 2.06. The van der Waals surface area contributed by atoms with Gasteiger partial charge in [-0.05, 0) is 5.41 Å². The second kappa shape index (κ2) is 3.17. The van der Waals surface area contributed by atoms with Crippen LogP contribution in [0.5, 0.6) is 0 Å². The summed E-state index contributed by atoms with van der Waals surface area (Å²) in [6, 6.07) is 0. The Morgan fingerprint density at radius 3 is 2.67 bits per heavy atom. The fraction of sp³-hybridized carbons (Fsp3) is 0.750. The van der Waals surface area contributed by atoms with Crippen molar-refractivity contribution in [1.82, 2.24) is 5.32 Å². The van der Waals surface area contributed by atoms with E-state index in [0.717, 1.165) is 0 Å². The lowest BCUT2D eigenvalue weighted by Crippen LogP contribution is -2.34. The summed E-state index contributed by atoms with van der Waals surface area (Å²) in [6.07, 6.45) is 0.446. The number of hydrogen-bond acceptors (Lipinski definition) is 2. The van der Waals surface area contributed by atoms with Gasteiger partial charge in [0, 0.05) is 13.0 Å². The number of ketones is 1. The van der Waals surface area contributed by atoms with E-state index in [2.05, 4.69) is 21.2 Å². The summed E-state index contributed by atoms with van der Waals surface area (Å²) in [5, 5.41) is 2.71. The molecule has 0 saturated carbocycles. The number of nitrogens with one attached hydrogen (secondary N) is 1. The molecule has 1 rings (SSSR count). The summed E-state index contributed by atoms with van der Waals surface area (Å²) < 4.78 is 0. The van der Waals surface area contributed by atoms with Crippen molar-refractivity contribution in [2.45, 2.75) is 25.1 Å². The molecule has 1 aliphatic heterocycles. The molecule has 12 heavy (non-hydrogen) atoms. The average molecular weight is 234 g/mol. The van der Waals surface area contributed by atoms with Crippen molar-refractivity contribution >= 4 is 27.6 Å². The summed E-state index contributed by atoms with van der Waals surface area (Å²) in [6.45, 7) is 4.51. The zero-order valence-corrected chi connectivity index (χ0v) is 8.77. The number of hydrogen-bond donors (Lipinski definition) is 1. The number of alkyl halides is 1. The van der Waals surface area contributed by atoms with E-state index < -0.39 is 4.83 Å². The van der Waals surface area contributed by atoms with E-state index in [1.165, 1.54) is 0 Å². The molecule has 0 radical (unpaired) electrons. The van der Waals surface area contributed by atoms with E-state index in [1.807, 2.05) is 13.8 Å². The van der Waals surface area contributed by atoms with Crippen LogP contribution < -0.4 is 5.32 Å². The summed E-state index contributed by atoms with van der Waals surface area (Å²) >= 11 is 3.06. The molecule has 1 N–H and O–H groups in total. The van der Waals surface area contributed by atoms with Crippen molar-refractivity contribution in [3.8, 4) is 0 Å². The molecule has 68 valence electrons. The lowest BCUT2D eigenvalue weighted by molar-refractivity contribution is -0.126. The Labute approximate surface area is 80.0 Å². The summed E-state index contributed by atoms with van der Waals surface area (Å²) in [5.74, 6) is -0.249. The highest BCUT2D eigenvalue weighted by atomic mass is 79.9. The predicted molar refractivity (Wildman–Crippen MR) is 49.1 cm³/mol. The van der Waals surface area contributed by atoms with Crippen LogP contribution in [-0.2, 0) is 9.59 Å². The third-order valence-corrected chi connectivity index (χ3v) is 2.83. The maximum atomic E-state index is 11.3. The zero-order chi connectivity index (χ0) is 9.35. The molecule has 0 bridgehead atoms. The molecule has 0 spiro atoms. The molecule has 0 aromatic heterocycles. The summed E-state index contributed by atoms with van der Waals surface area (Å²) in [5.41, 5.74) is -0.116. The maximum Gasteiger partial charge on any atom is 0.241 e. The van der Waals surface area contributed by atoms with Crippen LogP contribution in [0.4, 0.5) is 0 Å². The lowest BCUT2D eigenvalue weighted by Gasteiger charge is -2.20. The number of halogens is 1. The number of carbonyl (C=O) groups excluding carboxylic acids is 2. The molecule has 1 saturated heterocycles. The van der Waals surface area contributed by atoms with Gasteiger partial charge in [0.25, 0.3) is 0 Å². The number of amides is 1. The molecule has 1 atom stereocenters. The van der Waals surface area contributed by atoms with Crippen molar-refractivity contribution < 1.29 is 9.59 Å². The second-order valence-electron chi connectivity index (χ2n) is 3.89. The van der Waals surface area contributed by atoms with Gasteiger partial charge >= 0.3 is 0 Å². The highest BCUT2D eigenvalue weighted by molar-refractivity contribution is 9.10. The third-order valence-electron chi connectivity index (χ3n) is 1.91. The van der Waals surface area contributed by atoms with Gasteiger partial charge in [-0.2, -0.15) is 0 Å². The number of Topliss-reactive ketones (excluding diaryl/α,β-unsaturated/α-hetero) is 1. The molecule has 1 unspecified atom stereocenters. The van der Waals surface area contributed by atoms with Crippen LogP contribution in [0, 0.1) is 5.41 Å². The van der Waals surface area contributed by atoms with Crippen LogP contribution in [0.15, 0.2) is 0 Å². The largest absolute Gasteiger partial charge is 0.354 e. The minimum Gasteiger partial charge on any atom is -0.354 e. The molecular formula is C8H12BrNO2. The quantitative estimate of drug-likeness (QED) is 0.499. The van der Waals surface area contributed by atoms with Gasteiger partial charge in [0.05, 0.1) is 0 Å². The molecule has 3 nitrogen and oxygen atoms in total. The van der Waals surface area contributed by atoms with Crippen molar-refractivity contribution in [3.63, 3.8) is 0 Å². The molecule has 1 heterocycles. The van der Waals surface area contributed by atoms with Crippen molar-refractivity contribution in [2.75, 3.05) is 6.54 Å². The van der Waals surface area contributed by atoms with E-state index >= 15 is 0 Å². The Bertz CT molecular complexity index is 225. The van der Waals surface area contributed by atoms with Crippen LogP contribution in [0.3, 0.4) is 0 Å². The van der Waals surface area contributed by atoms with Crippen molar-refractivity contribution in [2.24, 2.45) is 5.41 Å². The van der Waals surface area contributed by atoms with E-state index in [9.17, 15) is 9.59 Å². The highest BCUT2D eigenvalue weighted by Crippen LogP contribution is 2.24. The van der Waals surface area contributed by atoms with Gasteiger partial charge in [-0.1, -0.05) is 29.8 Å². The van der Waals surface area contributed by atoms with E-state index in [4.69, 9.17) is 0 Å². The first-order valence-corrected chi connectivity index (χ1v) is 4.78. The van der Waals surface area contributed by atoms with Crippen molar-refractivity contribution in [3.05, 3.63) is 0 Å². The molecule has 1 fully saturated rings. The standard InChI is InChI=1S/C8H12BrNO2/c1-8(2)3-5(11)6(9)7(12)10-4-8/h6H,3-4H2,1-2H3,(H,10,12). The van der Waals surface area contributed by atoms with E-state index in [-0.39, 0.29) is 17.1 Å². The molecule has 1 aliphatic rings. The minimum absolute atomic E-state index is 0.0324. The summed E-state index contributed by atoms with van der Waals surface area (Å²) in [7, 11) is 0. The van der Waals surface area contributed by atoms with Gasteiger partial charge in [-0.3, -0.25) is 9.59 Å². The fourth-order valence-corrected chi connectivity index (χ4v) is 1.51. The van der Waals surface area contributed by atoms with Crippen LogP contribution >= 0.6 is 15.9 Å². The normalized spacial score (nSPS) is 29.4. The Balaban J connectivity index is 2.80. The predicted octanol–water partition coefficient (Wildman–Crippen LogP) is 0.865.